The number of nitrogens with zero attached hydrogens (tertiary/aromatic N) is 2. The maximum atomic E-state index is 12.7. The van der Waals surface area contributed by atoms with E-state index in [-0.39, 0.29) is 18.1 Å². The second-order valence-corrected chi connectivity index (χ2v) is 7.58. The predicted octanol–water partition coefficient (Wildman–Crippen LogP) is 1.42. The second-order valence-electron chi connectivity index (χ2n) is 5.64. The number of rotatable bonds is 6. The van der Waals surface area contributed by atoms with Crippen LogP contribution in [0.4, 0.5) is 0 Å². The van der Waals surface area contributed by atoms with Gasteiger partial charge < -0.3 is 5.32 Å². The monoisotopic (exact) mass is 291 g/mol. The lowest BCUT2D eigenvalue weighted by Gasteiger charge is -2.40. The van der Waals surface area contributed by atoms with Gasteiger partial charge >= 0.3 is 0 Å². The second kappa shape index (κ2) is 7.02. The molecule has 1 N–H and O–H groups in total. The van der Waals surface area contributed by atoms with E-state index in [2.05, 4.69) is 19.2 Å². The van der Waals surface area contributed by atoms with Crippen molar-refractivity contribution in [2.75, 3.05) is 20.1 Å². The zero-order valence-corrected chi connectivity index (χ0v) is 13.7. The quantitative estimate of drug-likeness (QED) is 0.805. The number of hydrogen-bond donors (Lipinski definition) is 1. The molecule has 19 heavy (non-hydrogen) atoms. The molecular weight excluding hydrogens is 262 g/mol. The van der Waals surface area contributed by atoms with Crippen molar-refractivity contribution in [1.82, 2.24) is 13.9 Å². The van der Waals surface area contributed by atoms with Crippen LogP contribution in [0.1, 0.15) is 47.0 Å². The third-order valence-electron chi connectivity index (χ3n) is 3.99. The van der Waals surface area contributed by atoms with Crippen LogP contribution < -0.4 is 5.32 Å². The van der Waals surface area contributed by atoms with Gasteiger partial charge in [-0.1, -0.05) is 13.3 Å². The molecule has 0 aliphatic carbocycles. The van der Waals surface area contributed by atoms with Crippen molar-refractivity contribution in [3.05, 3.63) is 0 Å². The van der Waals surface area contributed by atoms with Crippen LogP contribution in [0.3, 0.4) is 0 Å². The number of likely N-dealkylation sites (N-methyl/N-ethyl adjacent to an activating group) is 1. The average Bonchev–Trinajstić information content (AvgIpc) is 2.38. The lowest BCUT2D eigenvalue weighted by atomic mass is 9.99. The van der Waals surface area contributed by atoms with E-state index >= 15 is 0 Å². The van der Waals surface area contributed by atoms with Gasteiger partial charge in [0, 0.05) is 31.7 Å². The van der Waals surface area contributed by atoms with Gasteiger partial charge in [0.15, 0.2) is 0 Å². The van der Waals surface area contributed by atoms with E-state index in [1.54, 1.807) is 11.4 Å². The molecule has 0 bridgehead atoms. The van der Waals surface area contributed by atoms with Crippen LogP contribution in [-0.4, -0.2) is 55.3 Å². The zero-order valence-electron chi connectivity index (χ0n) is 12.9. The molecule has 1 fully saturated rings. The fourth-order valence-corrected chi connectivity index (χ4v) is 4.46. The van der Waals surface area contributed by atoms with Crippen molar-refractivity contribution < 1.29 is 8.42 Å². The van der Waals surface area contributed by atoms with E-state index < -0.39 is 10.2 Å². The van der Waals surface area contributed by atoms with Crippen LogP contribution in [0, 0.1) is 0 Å². The Kier molecular flexibility index (Phi) is 6.23. The highest BCUT2D eigenvalue weighted by Gasteiger charge is 2.38. The van der Waals surface area contributed by atoms with Gasteiger partial charge in [-0.3, -0.25) is 0 Å². The topological polar surface area (TPSA) is 52.7 Å². The minimum atomic E-state index is -3.35. The maximum Gasteiger partial charge on any atom is 0.282 e. The molecule has 1 heterocycles. The SMILES string of the molecule is CCNC(C)C1CCCCN1S(=O)(=O)N(C)C(C)C. The summed E-state index contributed by atoms with van der Waals surface area (Å²) in [6.07, 6.45) is 3.01. The summed E-state index contributed by atoms with van der Waals surface area (Å²) in [7, 11) is -1.68. The summed E-state index contributed by atoms with van der Waals surface area (Å²) in [5, 5.41) is 3.36. The summed E-state index contributed by atoms with van der Waals surface area (Å²) >= 11 is 0. The molecule has 1 aliphatic rings. The average molecular weight is 291 g/mol. The minimum Gasteiger partial charge on any atom is -0.313 e. The van der Waals surface area contributed by atoms with Crippen molar-refractivity contribution in [3.63, 3.8) is 0 Å². The molecule has 2 unspecified atom stereocenters. The summed E-state index contributed by atoms with van der Waals surface area (Å²) in [5.41, 5.74) is 0. The maximum absolute atomic E-state index is 12.7. The first-order chi connectivity index (χ1) is 8.82. The fourth-order valence-electron chi connectivity index (χ4n) is 2.61. The summed E-state index contributed by atoms with van der Waals surface area (Å²) in [4.78, 5) is 0. The molecule has 1 aliphatic heterocycles. The van der Waals surface area contributed by atoms with E-state index in [0.717, 1.165) is 25.8 Å². The molecule has 0 spiro atoms. The molecule has 1 saturated heterocycles. The Morgan fingerprint density at radius 1 is 1.32 bits per heavy atom. The molecule has 0 aromatic heterocycles. The van der Waals surface area contributed by atoms with Gasteiger partial charge in [-0.05, 0) is 40.2 Å². The summed E-state index contributed by atoms with van der Waals surface area (Å²) in [6, 6.07) is 0.252. The van der Waals surface area contributed by atoms with Crippen LogP contribution in [0.25, 0.3) is 0 Å². The zero-order chi connectivity index (χ0) is 14.6. The Morgan fingerprint density at radius 2 is 1.95 bits per heavy atom. The third kappa shape index (κ3) is 3.90. The van der Waals surface area contributed by atoms with Crippen molar-refractivity contribution in [3.8, 4) is 0 Å². The van der Waals surface area contributed by atoms with Crippen LogP contribution in [0.5, 0.6) is 0 Å². The van der Waals surface area contributed by atoms with Gasteiger partial charge in [0.1, 0.15) is 0 Å². The molecule has 1 rings (SSSR count). The largest absolute Gasteiger partial charge is 0.313 e. The standard InChI is InChI=1S/C13H29N3O2S/c1-6-14-12(4)13-9-7-8-10-16(13)19(17,18)15(5)11(2)3/h11-14H,6-10H2,1-5H3. The molecule has 0 amide bonds. The van der Waals surface area contributed by atoms with E-state index in [1.165, 1.54) is 4.31 Å². The first-order valence-corrected chi connectivity index (χ1v) is 8.70. The Morgan fingerprint density at radius 3 is 2.47 bits per heavy atom. The van der Waals surface area contributed by atoms with Gasteiger partial charge in [-0.15, -0.1) is 0 Å². The normalized spacial score (nSPS) is 24.1. The molecule has 114 valence electrons. The number of piperidine rings is 1. The van der Waals surface area contributed by atoms with Crippen LogP contribution in [-0.2, 0) is 10.2 Å². The van der Waals surface area contributed by atoms with Crippen molar-refractivity contribution in [1.29, 1.82) is 0 Å². The minimum absolute atomic E-state index is 0.0120. The lowest BCUT2D eigenvalue weighted by molar-refractivity contribution is 0.195. The summed E-state index contributed by atoms with van der Waals surface area (Å²) in [6.45, 7) is 9.45. The van der Waals surface area contributed by atoms with Crippen LogP contribution in [0.15, 0.2) is 0 Å². The molecule has 0 saturated carbocycles. The Balaban J connectivity index is 2.93. The van der Waals surface area contributed by atoms with Gasteiger partial charge in [0.05, 0.1) is 0 Å². The molecule has 6 heteroatoms. The lowest BCUT2D eigenvalue weighted by Crippen LogP contribution is -2.57. The molecule has 2 atom stereocenters. The van der Waals surface area contributed by atoms with Crippen molar-refractivity contribution in [2.24, 2.45) is 0 Å². The molecule has 0 aromatic carbocycles. The van der Waals surface area contributed by atoms with Gasteiger partial charge in [-0.2, -0.15) is 17.0 Å². The predicted molar refractivity (Wildman–Crippen MR) is 79.3 cm³/mol. The molecule has 0 radical (unpaired) electrons. The molecular formula is C13H29N3O2S. The fraction of sp³-hybridized carbons (Fsp3) is 1.00. The smallest absolute Gasteiger partial charge is 0.282 e. The highest BCUT2D eigenvalue weighted by molar-refractivity contribution is 7.86. The van der Waals surface area contributed by atoms with Crippen LogP contribution in [0.2, 0.25) is 0 Å². The summed E-state index contributed by atoms with van der Waals surface area (Å²) < 4.78 is 28.5. The Hall–Kier alpha value is -0.170. The Labute approximate surface area is 118 Å². The molecule has 0 aromatic rings. The van der Waals surface area contributed by atoms with E-state index in [1.807, 2.05) is 13.8 Å². The van der Waals surface area contributed by atoms with Crippen LogP contribution >= 0.6 is 0 Å². The third-order valence-corrected chi connectivity index (χ3v) is 6.18. The number of nitrogens with one attached hydrogen (secondary N) is 1. The summed E-state index contributed by atoms with van der Waals surface area (Å²) in [5.74, 6) is 0. The van der Waals surface area contributed by atoms with Gasteiger partial charge in [-0.25, -0.2) is 0 Å². The van der Waals surface area contributed by atoms with E-state index in [0.29, 0.717) is 6.54 Å². The highest BCUT2D eigenvalue weighted by Crippen LogP contribution is 2.25. The van der Waals surface area contributed by atoms with E-state index in [9.17, 15) is 8.42 Å². The number of hydrogen-bond acceptors (Lipinski definition) is 3. The first kappa shape index (κ1) is 16.9. The van der Waals surface area contributed by atoms with Gasteiger partial charge in [0.2, 0.25) is 0 Å². The van der Waals surface area contributed by atoms with Gasteiger partial charge in [0.25, 0.3) is 10.2 Å². The highest BCUT2D eigenvalue weighted by atomic mass is 32.2. The van der Waals surface area contributed by atoms with Crippen molar-refractivity contribution >= 4 is 10.2 Å². The van der Waals surface area contributed by atoms with Crippen molar-refractivity contribution in [2.45, 2.75) is 65.1 Å². The Bertz CT molecular complexity index is 370. The van der Waals surface area contributed by atoms with E-state index in [4.69, 9.17) is 0 Å². The first-order valence-electron chi connectivity index (χ1n) is 7.30. The molecule has 5 nitrogen and oxygen atoms in total.